The van der Waals surface area contributed by atoms with Crippen LogP contribution in [0.5, 0.6) is 5.75 Å². The van der Waals surface area contributed by atoms with Crippen molar-refractivity contribution in [2.24, 2.45) is 5.92 Å². The summed E-state index contributed by atoms with van der Waals surface area (Å²) in [6, 6.07) is 6.15. The molecular weight excluding hydrogens is 238 g/mol. The summed E-state index contributed by atoms with van der Waals surface area (Å²) in [5.74, 6) is 2.81. The van der Waals surface area contributed by atoms with Crippen LogP contribution in [0.15, 0.2) is 18.2 Å². The first-order chi connectivity index (χ1) is 9.31. The fourth-order valence-electron chi connectivity index (χ4n) is 2.94. The standard InChI is InChI=1S/C15H21N3O/c1-3-18-14-5-4-12(19-2)9-13(14)17-15(18)8-11-6-7-16-10-11/h4-5,9,11,16H,3,6-8,10H2,1-2H3. The average Bonchev–Trinajstić information content (AvgIpc) is 3.05. The Bertz CT molecular complexity index is 570. The molecule has 4 heteroatoms. The predicted molar refractivity (Wildman–Crippen MR) is 76.6 cm³/mol. The van der Waals surface area contributed by atoms with E-state index in [-0.39, 0.29) is 0 Å². The molecule has 1 aliphatic rings. The number of hydrogen-bond acceptors (Lipinski definition) is 3. The van der Waals surface area contributed by atoms with Gasteiger partial charge in [0.2, 0.25) is 0 Å². The van der Waals surface area contributed by atoms with Crippen LogP contribution in [0, 0.1) is 5.92 Å². The van der Waals surface area contributed by atoms with Gasteiger partial charge in [0.15, 0.2) is 0 Å². The molecule has 102 valence electrons. The Kier molecular flexibility index (Phi) is 3.42. The zero-order chi connectivity index (χ0) is 13.2. The van der Waals surface area contributed by atoms with Crippen LogP contribution in [0.1, 0.15) is 19.2 Å². The van der Waals surface area contributed by atoms with Gasteiger partial charge in [-0.3, -0.25) is 0 Å². The molecule has 1 N–H and O–H groups in total. The Hall–Kier alpha value is -1.55. The Labute approximate surface area is 113 Å². The molecule has 4 nitrogen and oxygen atoms in total. The molecule has 1 aliphatic heterocycles. The van der Waals surface area contributed by atoms with Gasteiger partial charge in [0.05, 0.1) is 18.1 Å². The number of rotatable bonds is 4. The molecule has 2 heterocycles. The van der Waals surface area contributed by atoms with E-state index in [2.05, 4.69) is 22.9 Å². The summed E-state index contributed by atoms with van der Waals surface area (Å²) in [6.45, 7) is 5.42. The zero-order valence-corrected chi connectivity index (χ0v) is 11.6. The molecule has 1 unspecified atom stereocenters. The van der Waals surface area contributed by atoms with Crippen molar-refractivity contribution in [3.05, 3.63) is 24.0 Å². The minimum Gasteiger partial charge on any atom is -0.497 e. The first-order valence-corrected chi connectivity index (χ1v) is 7.05. The lowest BCUT2D eigenvalue weighted by molar-refractivity contribution is 0.415. The quantitative estimate of drug-likeness (QED) is 0.915. The van der Waals surface area contributed by atoms with Crippen molar-refractivity contribution >= 4 is 11.0 Å². The van der Waals surface area contributed by atoms with Crippen molar-refractivity contribution in [3.8, 4) is 5.75 Å². The largest absolute Gasteiger partial charge is 0.497 e. The van der Waals surface area contributed by atoms with Gasteiger partial charge in [-0.1, -0.05) is 0 Å². The van der Waals surface area contributed by atoms with Crippen molar-refractivity contribution in [2.45, 2.75) is 26.3 Å². The molecule has 1 atom stereocenters. The molecule has 1 aromatic carbocycles. The van der Waals surface area contributed by atoms with E-state index < -0.39 is 0 Å². The fourth-order valence-corrected chi connectivity index (χ4v) is 2.94. The Balaban J connectivity index is 1.97. The normalized spacial score (nSPS) is 19.2. The van der Waals surface area contributed by atoms with Crippen LogP contribution in [0.4, 0.5) is 0 Å². The summed E-state index contributed by atoms with van der Waals surface area (Å²) in [4.78, 5) is 4.81. The molecule has 3 rings (SSSR count). The van der Waals surface area contributed by atoms with Crippen molar-refractivity contribution in [1.29, 1.82) is 0 Å². The van der Waals surface area contributed by atoms with Crippen LogP contribution in [-0.4, -0.2) is 29.8 Å². The molecule has 1 fully saturated rings. The molecule has 0 radical (unpaired) electrons. The fraction of sp³-hybridized carbons (Fsp3) is 0.533. The summed E-state index contributed by atoms with van der Waals surface area (Å²) in [5.41, 5.74) is 2.26. The molecule has 2 aromatic rings. The summed E-state index contributed by atoms with van der Waals surface area (Å²) in [5, 5.41) is 3.43. The highest BCUT2D eigenvalue weighted by molar-refractivity contribution is 5.77. The van der Waals surface area contributed by atoms with Gasteiger partial charge in [0, 0.05) is 19.0 Å². The highest BCUT2D eigenvalue weighted by atomic mass is 16.5. The summed E-state index contributed by atoms with van der Waals surface area (Å²) in [6.07, 6.45) is 2.33. The third kappa shape index (κ3) is 2.32. The van der Waals surface area contributed by atoms with E-state index in [1.165, 1.54) is 17.8 Å². The second-order valence-corrected chi connectivity index (χ2v) is 5.19. The van der Waals surface area contributed by atoms with Crippen LogP contribution >= 0.6 is 0 Å². The molecule has 0 saturated carbocycles. The number of hydrogen-bond donors (Lipinski definition) is 1. The van der Waals surface area contributed by atoms with Gasteiger partial charge in [-0.25, -0.2) is 4.98 Å². The van der Waals surface area contributed by atoms with E-state index in [1.807, 2.05) is 12.1 Å². The van der Waals surface area contributed by atoms with E-state index in [9.17, 15) is 0 Å². The molecule has 1 saturated heterocycles. The number of nitrogens with zero attached hydrogens (tertiary/aromatic N) is 2. The molecule has 0 bridgehead atoms. The highest BCUT2D eigenvalue weighted by Gasteiger charge is 2.19. The maximum Gasteiger partial charge on any atom is 0.121 e. The third-order valence-electron chi connectivity index (χ3n) is 3.98. The number of nitrogens with one attached hydrogen (secondary N) is 1. The maximum atomic E-state index is 5.28. The van der Waals surface area contributed by atoms with Crippen LogP contribution in [-0.2, 0) is 13.0 Å². The summed E-state index contributed by atoms with van der Waals surface area (Å²) in [7, 11) is 1.70. The van der Waals surface area contributed by atoms with Gasteiger partial charge in [-0.05, 0) is 44.5 Å². The van der Waals surface area contributed by atoms with Crippen LogP contribution < -0.4 is 10.1 Å². The maximum absolute atomic E-state index is 5.28. The van der Waals surface area contributed by atoms with E-state index in [4.69, 9.17) is 9.72 Å². The lowest BCUT2D eigenvalue weighted by atomic mass is 10.0. The zero-order valence-electron chi connectivity index (χ0n) is 11.6. The minimum atomic E-state index is 0.726. The van der Waals surface area contributed by atoms with Gasteiger partial charge in [-0.2, -0.15) is 0 Å². The summed E-state index contributed by atoms with van der Waals surface area (Å²) < 4.78 is 7.61. The number of imidazole rings is 1. The van der Waals surface area contributed by atoms with Crippen LogP contribution in [0.2, 0.25) is 0 Å². The van der Waals surface area contributed by atoms with Crippen molar-refractivity contribution in [2.75, 3.05) is 20.2 Å². The SMILES string of the molecule is CCn1c(CC2CCNC2)nc2cc(OC)ccc21. The van der Waals surface area contributed by atoms with E-state index in [0.717, 1.165) is 43.2 Å². The molecule has 0 spiro atoms. The number of benzene rings is 1. The van der Waals surface area contributed by atoms with Crippen LogP contribution in [0.3, 0.4) is 0 Å². The van der Waals surface area contributed by atoms with Gasteiger partial charge in [0.25, 0.3) is 0 Å². The molecule has 1 aromatic heterocycles. The molecule has 19 heavy (non-hydrogen) atoms. The third-order valence-corrected chi connectivity index (χ3v) is 3.98. The molecule has 0 amide bonds. The van der Waals surface area contributed by atoms with Crippen LogP contribution in [0.25, 0.3) is 11.0 Å². The number of aromatic nitrogens is 2. The lowest BCUT2D eigenvalue weighted by Crippen LogP contribution is -2.13. The van der Waals surface area contributed by atoms with Gasteiger partial charge in [0.1, 0.15) is 11.6 Å². The average molecular weight is 259 g/mol. The van der Waals surface area contributed by atoms with E-state index in [1.54, 1.807) is 7.11 Å². The second-order valence-electron chi connectivity index (χ2n) is 5.19. The summed E-state index contributed by atoms with van der Waals surface area (Å²) >= 11 is 0. The van der Waals surface area contributed by atoms with Gasteiger partial charge < -0.3 is 14.6 Å². The predicted octanol–water partition coefficient (Wildman–Crippen LogP) is 2.22. The van der Waals surface area contributed by atoms with Crippen molar-refractivity contribution in [1.82, 2.24) is 14.9 Å². The molecular formula is C15H21N3O. The second kappa shape index (κ2) is 5.21. The van der Waals surface area contributed by atoms with Gasteiger partial charge >= 0.3 is 0 Å². The van der Waals surface area contributed by atoms with Gasteiger partial charge in [-0.15, -0.1) is 0 Å². The Morgan fingerprint density at radius 1 is 1.47 bits per heavy atom. The van der Waals surface area contributed by atoms with Crippen molar-refractivity contribution in [3.63, 3.8) is 0 Å². The first-order valence-electron chi connectivity index (χ1n) is 7.05. The smallest absolute Gasteiger partial charge is 0.121 e. The number of fused-ring (bicyclic) bond motifs is 1. The topological polar surface area (TPSA) is 39.1 Å². The van der Waals surface area contributed by atoms with Crippen molar-refractivity contribution < 1.29 is 4.74 Å². The van der Waals surface area contributed by atoms with E-state index >= 15 is 0 Å². The number of methoxy groups -OCH3 is 1. The number of ether oxygens (including phenoxy) is 1. The lowest BCUT2D eigenvalue weighted by Gasteiger charge is -2.10. The Morgan fingerprint density at radius 3 is 3.05 bits per heavy atom. The monoisotopic (exact) mass is 259 g/mol. The minimum absolute atomic E-state index is 0.726. The Morgan fingerprint density at radius 2 is 2.37 bits per heavy atom. The molecule has 0 aliphatic carbocycles. The first kappa shape index (κ1) is 12.5. The number of aryl methyl sites for hydroxylation is 1. The highest BCUT2D eigenvalue weighted by Crippen LogP contribution is 2.24. The van der Waals surface area contributed by atoms with E-state index in [0.29, 0.717) is 0 Å².